The second kappa shape index (κ2) is 4.55. The summed E-state index contributed by atoms with van der Waals surface area (Å²) in [7, 11) is 0. The quantitative estimate of drug-likeness (QED) is 0.917. The fourth-order valence-electron chi connectivity index (χ4n) is 1.35. The molecule has 5 heteroatoms. The third-order valence-electron chi connectivity index (χ3n) is 2.02. The molecule has 0 unspecified atom stereocenters. The van der Waals surface area contributed by atoms with Gasteiger partial charge in [-0.3, -0.25) is 4.98 Å². The van der Waals surface area contributed by atoms with Crippen LogP contribution in [0.1, 0.15) is 11.3 Å². The summed E-state index contributed by atoms with van der Waals surface area (Å²) >= 11 is 3.39. The summed E-state index contributed by atoms with van der Waals surface area (Å²) < 4.78 is 2.98. The first-order chi connectivity index (χ1) is 7.28. The Labute approximate surface area is 96.3 Å². The SMILES string of the molecule is NCc1cn(Cc2cncc(Br)c2)cn1. The molecule has 0 atom stereocenters. The van der Waals surface area contributed by atoms with E-state index in [1.807, 2.05) is 23.0 Å². The molecule has 2 rings (SSSR count). The van der Waals surface area contributed by atoms with Crippen LogP contribution in [0.25, 0.3) is 0 Å². The number of halogens is 1. The molecule has 0 saturated carbocycles. The predicted molar refractivity (Wildman–Crippen MR) is 61.2 cm³/mol. The number of hydrogen-bond acceptors (Lipinski definition) is 3. The standard InChI is InChI=1S/C10H11BrN4/c11-9-1-8(3-13-4-9)5-15-6-10(2-12)14-7-15/h1,3-4,6-7H,2,5,12H2. The Morgan fingerprint density at radius 2 is 2.27 bits per heavy atom. The number of aromatic nitrogens is 3. The van der Waals surface area contributed by atoms with Crippen LogP contribution in [0.4, 0.5) is 0 Å². The van der Waals surface area contributed by atoms with Crippen LogP contribution >= 0.6 is 15.9 Å². The van der Waals surface area contributed by atoms with E-state index in [0.717, 1.165) is 22.3 Å². The van der Waals surface area contributed by atoms with Gasteiger partial charge in [0.2, 0.25) is 0 Å². The summed E-state index contributed by atoms with van der Waals surface area (Å²) in [5.41, 5.74) is 7.52. The molecule has 78 valence electrons. The molecule has 2 aromatic rings. The predicted octanol–water partition coefficient (Wildman–Crippen LogP) is 1.55. The van der Waals surface area contributed by atoms with Gasteiger partial charge < -0.3 is 10.3 Å². The molecule has 0 aromatic carbocycles. The van der Waals surface area contributed by atoms with Crippen LogP contribution in [0.2, 0.25) is 0 Å². The highest BCUT2D eigenvalue weighted by Gasteiger charge is 1.99. The molecule has 0 aliphatic heterocycles. The topological polar surface area (TPSA) is 56.7 Å². The summed E-state index contributed by atoms with van der Waals surface area (Å²) in [5.74, 6) is 0. The fourth-order valence-corrected chi connectivity index (χ4v) is 1.76. The van der Waals surface area contributed by atoms with E-state index < -0.39 is 0 Å². The molecule has 0 saturated heterocycles. The highest BCUT2D eigenvalue weighted by atomic mass is 79.9. The first-order valence-electron chi connectivity index (χ1n) is 4.58. The van der Waals surface area contributed by atoms with E-state index in [1.165, 1.54) is 0 Å². The second-order valence-corrected chi connectivity index (χ2v) is 4.17. The summed E-state index contributed by atoms with van der Waals surface area (Å²) in [6.45, 7) is 1.24. The third kappa shape index (κ3) is 2.64. The maximum atomic E-state index is 5.48. The molecule has 2 aromatic heterocycles. The van der Waals surface area contributed by atoms with E-state index in [1.54, 1.807) is 12.5 Å². The Balaban J connectivity index is 2.14. The van der Waals surface area contributed by atoms with Crippen LogP contribution in [0.3, 0.4) is 0 Å². The Morgan fingerprint density at radius 3 is 2.93 bits per heavy atom. The second-order valence-electron chi connectivity index (χ2n) is 3.25. The molecular weight excluding hydrogens is 256 g/mol. The lowest BCUT2D eigenvalue weighted by atomic mass is 10.3. The molecule has 2 heterocycles. The van der Waals surface area contributed by atoms with Crippen LogP contribution in [-0.4, -0.2) is 14.5 Å². The van der Waals surface area contributed by atoms with Gasteiger partial charge in [0, 0.05) is 29.6 Å². The van der Waals surface area contributed by atoms with Gasteiger partial charge in [0.25, 0.3) is 0 Å². The van der Waals surface area contributed by atoms with Gasteiger partial charge in [-0.1, -0.05) is 0 Å². The highest BCUT2D eigenvalue weighted by Crippen LogP contribution is 2.10. The van der Waals surface area contributed by atoms with E-state index in [9.17, 15) is 0 Å². The Bertz CT molecular complexity index is 452. The average Bonchev–Trinajstić information content (AvgIpc) is 2.65. The van der Waals surface area contributed by atoms with Crippen molar-refractivity contribution in [1.29, 1.82) is 0 Å². The maximum Gasteiger partial charge on any atom is 0.0953 e. The zero-order valence-corrected chi connectivity index (χ0v) is 9.68. The molecule has 0 amide bonds. The summed E-state index contributed by atoms with van der Waals surface area (Å²) in [5, 5.41) is 0. The third-order valence-corrected chi connectivity index (χ3v) is 2.46. The van der Waals surface area contributed by atoms with Crippen molar-refractivity contribution in [2.75, 3.05) is 0 Å². The van der Waals surface area contributed by atoms with E-state index in [4.69, 9.17) is 5.73 Å². The first-order valence-corrected chi connectivity index (χ1v) is 5.37. The van der Waals surface area contributed by atoms with Crippen molar-refractivity contribution in [2.45, 2.75) is 13.1 Å². The van der Waals surface area contributed by atoms with Crippen molar-refractivity contribution in [2.24, 2.45) is 5.73 Å². The van der Waals surface area contributed by atoms with Crippen molar-refractivity contribution in [3.05, 3.63) is 46.7 Å². The van der Waals surface area contributed by atoms with Gasteiger partial charge in [0.05, 0.1) is 18.6 Å². The highest BCUT2D eigenvalue weighted by molar-refractivity contribution is 9.10. The largest absolute Gasteiger partial charge is 0.333 e. The molecule has 0 aliphatic carbocycles. The van der Waals surface area contributed by atoms with Gasteiger partial charge >= 0.3 is 0 Å². The number of hydrogen-bond donors (Lipinski definition) is 1. The Morgan fingerprint density at radius 1 is 1.40 bits per heavy atom. The lowest BCUT2D eigenvalue weighted by molar-refractivity contribution is 0.791. The van der Waals surface area contributed by atoms with E-state index in [2.05, 4.69) is 25.9 Å². The van der Waals surface area contributed by atoms with E-state index >= 15 is 0 Å². The van der Waals surface area contributed by atoms with Crippen LogP contribution in [0.5, 0.6) is 0 Å². The van der Waals surface area contributed by atoms with Crippen LogP contribution < -0.4 is 5.73 Å². The van der Waals surface area contributed by atoms with E-state index in [0.29, 0.717) is 6.54 Å². The van der Waals surface area contributed by atoms with Crippen molar-refractivity contribution in [1.82, 2.24) is 14.5 Å². The lowest BCUT2D eigenvalue weighted by Gasteiger charge is -2.01. The summed E-state index contributed by atoms with van der Waals surface area (Å²) in [4.78, 5) is 8.26. The van der Waals surface area contributed by atoms with Crippen LogP contribution in [-0.2, 0) is 13.1 Å². The molecule has 15 heavy (non-hydrogen) atoms. The average molecular weight is 267 g/mol. The molecule has 0 spiro atoms. The fraction of sp³-hybridized carbons (Fsp3) is 0.200. The van der Waals surface area contributed by atoms with Gasteiger partial charge in [0.15, 0.2) is 0 Å². The molecule has 2 N–H and O–H groups in total. The van der Waals surface area contributed by atoms with Gasteiger partial charge in [-0.2, -0.15) is 0 Å². The molecule has 0 aliphatic rings. The lowest BCUT2D eigenvalue weighted by Crippen LogP contribution is -1.98. The first kappa shape index (κ1) is 10.3. The molecule has 4 nitrogen and oxygen atoms in total. The Hall–Kier alpha value is -1.20. The maximum absolute atomic E-state index is 5.48. The van der Waals surface area contributed by atoms with Crippen molar-refractivity contribution < 1.29 is 0 Å². The van der Waals surface area contributed by atoms with Crippen molar-refractivity contribution in [3.8, 4) is 0 Å². The minimum atomic E-state index is 0.476. The molecule has 0 radical (unpaired) electrons. The normalized spacial score (nSPS) is 10.5. The number of nitrogens with two attached hydrogens (primary N) is 1. The smallest absolute Gasteiger partial charge is 0.0953 e. The zero-order chi connectivity index (χ0) is 10.7. The van der Waals surface area contributed by atoms with Gasteiger partial charge in [0.1, 0.15) is 0 Å². The Kier molecular flexibility index (Phi) is 3.13. The van der Waals surface area contributed by atoms with E-state index in [-0.39, 0.29) is 0 Å². The van der Waals surface area contributed by atoms with Gasteiger partial charge in [-0.15, -0.1) is 0 Å². The minimum Gasteiger partial charge on any atom is -0.333 e. The summed E-state index contributed by atoms with van der Waals surface area (Å²) in [6.07, 6.45) is 7.33. The molecular formula is C10H11BrN4. The number of imidazole rings is 1. The molecule has 0 bridgehead atoms. The van der Waals surface area contributed by atoms with Gasteiger partial charge in [-0.05, 0) is 27.6 Å². The van der Waals surface area contributed by atoms with Crippen LogP contribution in [0, 0.1) is 0 Å². The number of nitrogens with zero attached hydrogens (tertiary/aromatic N) is 3. The molecule has 0 fully saturated rings. The number of rotatable bonds is 3. The van der Waals surface area contributed by atoms with Gasteiger partial charge in [-0.25, -0.2) is 4.98 Å². The van der Waals surface area contributed by atoms with Crippen molar-refractivity contribution in [3.63, 3.8) is 0 Å². The minimum absolute atomic E-state index is 0.476. The number of pyridine rings is 1. The zero-order valence-electron chi connectivity index (χ0n) is 8.10. The monoisotopic (exact) mass is 266 g/mol. The summed E-state index contributed by atoms with van der Waals surface area (Å²) in [6, 6.07) is 2.04. The van der Waals surface area contributed by atoms with Crippen LogP contribution in [0.15, 0.2) is 35.5 Å². The van der Waals surface area contributed by atoms with Crippen molar-refractivity contribution >= 4 is 15.9 Å².